The zero-order valence-electron chi connectivity index (χ0n) is 11.5. The largest absolute Gasteiger partial charge is 0.573 e. The van der Waals surface area contributed by atoms with Gasteiger partial charge in [0.2, 0.25) is 0 Å². The van der Waals surface area contributed by atoms with Crippen molar-refractivity contribution in [3.05, 3.63) is 29.8 Å². The lowest BCUT2D eigenvalue weighted by Gasteiger charge is -2.22. The van der Waals surface area contributed by atoms with Crippen molar-refractivity contribution in [1.82, 2.24) is 4.90 Å². The summed E-state index contributed by atoms with van der Waals surface area (Å²) in [4.78, 5) is 13.6. The highest BCUT2D eigenvalue weighted by Crippen LogP contribution is 2.25. The molecule has 1 aromatic carbocycles. The van der Waals surface area contributed by atoms with Gasteiger partial charge < -0.3 is 9.47 Å². The van der Waals surface area contributed by atoms with E-state index in [4.69, 9.17) is 4.74 Å². The third-order valence-corrected chi connectivity index (χ3v) is 3.38. The Labute approximate surface area is 120 Å². The highest BCUT2D eigenvalue weighted by molar-refractivity contribution is 5.75. The van der Waals surface area contributed by atoms with Crippen LogP contribution in [0.1, 0.15) is 18.4 Å². The molecule has 0 amide bonds. The number of benzene rings is 1. The maximum absolute atomic E-state index is 12.1. The normalized spacial score (nSPS) is 19.5. The van der Waals surface area contributed by atoms with Crippen LogP contribution in [0.15, 0.2) is 24.3 Å². The maximum Gasteiger partial charge on any atom is 0.573 e. The van der Waals surface area contributed by atoms with Crippen LogP contribution in [-0.4, -0.2) is 36.9 Å². The predicted octanol–water partition coefficient (Wildman–Crippen LogP) is 2.72. The first kappa shape index (κ1) is 15.6. The van der Waals surface area contributed by atoms with Crippen molar-refractivity contribution < 1.29 is 27.4 Å². The number of esters is 1. The van der Waals surface area contributed by atoms with Gasteiger partial charge in [0.15, 0.2) is 0 Å². The van der Waals surface area contributed by atoms with Gasteiger partial charge in [0.1, 0.15) is 11.8 Å². The van der Waals surface area contributed by atoms with Gasteiger partial charge in [-0.25, -0.2) is 0 Å². The molecular weight excluding hydrogens is 287 g/mol. The van der Waals surface area contributed by atoms with E-state index < -0.39 is 6.36 Å². The number of methoxy groups -OCH3 is 1. The predicted molar refractivity (Wildman–Crippen MR) is 68.6 cm³/mol. The number of halogens is 3. The molecule has 2 rings (SSSR count). The Hall–Kier alpha value is -1.76. The van der Waals surface area contributed by atoms with Crippen LogP contribution in [0.2, 0.25) is 0 Å². The van der Waals surface area contributed by atoms with E-state index in [1.807, 2.05) is 4.90 Å². The molecule has 1 heterocycles. The molecule has 0 aromatic heterocycles. The minimum Gasteiger partial charge on any atom is -0.468 e. The van der Waals surface area contributed by atoms with Crippen molar-refractivity contribution in [3.63, 3.8) is 0 Å². The SMILES string of the molecule is COC(=O)C1CCCN1Cc1ccc(OC(F)(F)F)cc1. The topological polar surface area (TPSA) is 38.8 Å². The number of ether oxygens (including phenoxy) is 2. The molecule has 0 saturated carbocycles. The van der Waals surface area contributed by atoms with Crippen molar-refractivity contribution in [1.29, 1.82) is 0 Å². The van der Waals surface area contributed by atoms with Gasteiger partial charge in [-0.2, -0.15) is 0 Å². The number of nitrogens with zero attached hydrogens (tertiary/aromatic N) is 1. The summed E-state index contributed by atoms with van der Waals surface area (Å²) in [6.45, 7) is 1.26. The lowest BCUT2D eigenvalue weighted by molar-refractivity contribution is -0.274. The van der Waals surface area contributed by atoms with Crippen molar-refractivity contribution in [2.75, 3.05) is 13.7 Å². The van der Waals surface area contributed by atoms with Crippen molar-refractivity contribution in [2.24, 2.45) is 0 Å². The average Bonchev–Trinajstić information content (AvgIpc) is 2.86. The van der Waals surface area contributed by atoms with Crippen molar-refractivity contribution >= 4 is 5.97 Å². The summed E-state index contributed by atoms with van der Waals surface area (Å²) in [5, 5.41) is 0. The summed E-state index contributed by atoms with van der Waals surface area (Å²) in [7, 11) is 1.35. The first-order valence-electron chi connectivity index (χ1n) is 6.55. The Morgan fingerprint density at radius 2 is 2.00 bits per heavy atom. The van der Waals surface area contributed by atoms with Crippen molar-refractivity contribution in [2.45, 2.75) is 31.8 Å². The van der Waals surface area contributed by atoms with Gasteiger partial charge in [-0.15, -0.1) is 13.2 Å². The molecule has 1 aromatic rings. The molecule has 4 nitrogen and oxygen atoms in total. The van der Waals surface area contributed by atoms with E-state index in [0.29, 0.717) is 6.54 Å². The van der Waals surface area contributed by atoms with Crippen LogP contribution in [0, 0.1) is 0 Å². The van der Waals surface area contributed by atoms with E-state index >= 15 is 0 Å². The zero-order chi connectivity index (χ0) is 15.5. The zero-order valence-corrected chi connectivity index (χ0v) is 11.5. The summed E-state index contributed by atoms with van der Waals surface area (Å²) in [6, 6.07) is 5.39. The minimum atomic E-state index is -4.69. The molecule has 0 spiro atoms. The fourth-order valence-corrected chi connectivity index (χ4v) is 2.45. The highest BCUT2D eigenvalue weighted by Gasteiger charge is 2.32. The third kappa shape index (κ3) is 4.35. The molecule has 1 unspecified atom stereocenters. The summed E-state index contributed by atoms with van der Waals surface area (Å²) < 4.78 is 44.8. The molecule has 0 radical (unpaired) electrons. The first-order chi connectivity index (χ1) is 9.89. The Kier molecular flexibility index (Phi) is 4.72. The summed E-state index contributed by atoms with van der Waals surface area (Å²) in [5.74, 6) is -0.526. The Morgan fingerprint density at radius 1 is 1.33 bits per heavy atom. The number of rotatable bonds is 4. The fraction of sp³-hybridized carbons (Fsp3) is 0.500. The summed E-state index contributed by atoms with van der Waals surface area (Å²) in [5.41, 5.74) is 0.820. The van der Waals surface area contributed by atoms with E-state index in [1.54, 1.807) is 12.1 Å². The van der Waals surface area contributed by atoms with Crippen LogP contribution in [0.5, 0.6) is 5.75 Å². The van der Waals surface area contributed by atoms with Crippen LogP contribution >= 0.6 is 0 Å². The fourth-order valence-electron chi connectivity index (χ4n) is 2.45. The summed E-state index contributed by atoms with van der Waals surface area (Å²) >= 11 is 0. The molecule has 1 aliphatic rings. The van der Waals surface area contributed by atoms with Gasteiger partial charge in [-0.05, 0) is 37.1 Å². The van der Waals surface area contributed by atoms with Crippen LogP contribution in [0.4, 0.5) is 13.2 Å². The molecule has 0 aliphatic carbocycles. The second-order valence-corrected chi connectivity index (χ2v) is 4.84. The lowest BCUT2D eigenvalue weighted by Crippen LogP contribution is -2.36. The number of carbonyl (C=O) groups is 1. The molecule has 1 saturated heterocycles. The molecule has 1 atom stereocenters. The summed E-state index contributed by atoms with van der Waals surface area (Å²) in [6.07, 6.45) is -3.05. The molecule has 21 heavy (non-hydrogen) atoms. The quantitative estimate of drug-likeness (QED) is 0.802. The van der Waals surface area contributed by atoms with Crippen LogP contribution in [0.3, 0.4) is 0 Å². The Bertz CT molecular complexity index is 487. The monoisotopic (exact) mass is 303 g/mol. The average molecular weight is 303 g/mol. The van der Waals surface area contributed by atoms with Gasteiger partial charge >= 0.3 is 12.3 Å². The second kappa shape index (κ2) is 6.34. The van der Waals surface area contributed by atoms with E-state index in [2.05, 4.69) is 4.74 Å². The number of likely N-dealkylation sites (tertiary alicyclic amines) is 1. The van der Waals surface area contributed by atoms with E-state index in [-0.39, 0.29) is 17.8 Å². The van der Waals surface area contributed by atoms with Gasteiger partial charge in [-0.3, -0.25) is 9.69 Å². The van der Waals surface area contributed by atoms with Gasteiger partial charge in [0.05, 0.1) is 7.11 Å². The smallest absolute Gasteiger partial charge is 0.468 e. The molecule has 1 fully saturated rings. The molecule has 7 heteroatoms. The standard InChI is InChI=1S/C14H16F3NO3/c1-20-13(19)12-3-2-8-18(12)9-10-4-6-11(7-5-10)21-14(15,16)17/h4-7,12H,2-3,8-9H2,1H3. The van der Waals surface area contributed by atoms with E-state index in [0.717, 1.165) is 24.9 Å². The molecular formula is C14H16F3NO3. The van der Waals surface area contributed by atoms with Crippen LogP contribution in [-0.2, 0) is 16.1 Å². The lowest BCUT2D eigenvalue weighted by atomic mass is 10.2. The van der Waals surface area contributed by atoms with Crippen LogP contribution < -0.4 is 4.74 Å². The van der Waals surface area contributed by atoms with Crippen LogP contribution in [0.25, 0.3) is 0 Å². The second-order valence-electron chi connectivity index (χ2n) is 4.84. The molecule has 1 aliphatic heterocycles. The number of carbonyl (C=O) groups excluding carboxylic acids is 1. The number of alkyl halides is 3. The maximum atomic E-state index is 12.1. The minimum absolute atomic E-state index is 0.253. The van der Waals surface area contributed by atoms with Crippen molar-refractivity contribution in [3.8, 4) is 5.75 Å². The Balaban J connectivity index is 1.98. The molecule has 116 valence electrons. The van der Waals surface area contributed by atoms with E-state index in [1.165, 1.54) is 19.2 Å². The number of hydrogen-bond donors (Lipinski definition) is 0. The van der Waals surface area contributed by atoms with Gasteiger partial charge in [0.25, 0.3) is 0 Å². The molecule has 0 N–H and O–H groups in total. The third-order valence-electron chi connectivity index (χ3n) is 3.38. The Morgan fingerprint density at radius 3 is 2.57 bits per heavy atom. The molecule has 0 bridgehead atoms. The van der Waals surface area contributed by atoms with Gasteiger partial charge in [0, 0.05) is 6.54 Å². The first-order valence-corrected chi connectivity index (χ1v) is 6.55. The van der Waals surface area contributed by atoms with E-state index in [9.17, 15) is 18.0 Å². The highest BCUT2D eigenvalue weighted by atomic mass is 19.4. The van der Waals surface area contributed by atoms with Gasteiger partial charge in [-0.1, -0.05) is 12.1 Å². The number of hydrogen-bond acceptors (Lipinski definition) is 4.